The number of nitrogens with one attached hydrogen (secondary N) is 1. The van der Waals surface area contributed by atoms with Gasteiger partial charge in [0.05, 0.1) is 6.04 Å². The molecule has 1 N–H and O–H groups in total. The maximum absolute atomic E-state index is 12.7. The third kappa shape index (κ3) is 3.36. The van der Waals surface area contributed by atoms with Crippen molar-refractivity contribution in [3.63, 3.8) is 0 Å². The standard InChI is InChI=1S/C19H19BrN2O2/c1-2-6-18(24)22-12-17(23)21-16-10-9-14(20)11-15(16)19(22)13-7-4-3-5-8-13/h3-5,7-11,19H,2,6,12H2,1H3,(H,21,23). The largest absolute Gasteiger partial charge is 0.324 e. The molecule has 1 heterocycles. The lowest BCUT2D eigenvalue weighted by Crippen LogP contribution is -2.38. The van der Waals surface area contributed by atoms with Crippen LogP contribution in [0.4, 0.5) is 5.69 Å². The minimum Gasteiger partial charge on any atom is -0.324 e. The highest BCUT2D eigenvalue weighted by Crippen LogP contribution is 2.37. The first-order valence-electron chi connectivity index (χ1n) is 8.04. The molecule has 2 amide bonds. The molecule has 0 saturated heterocycles. The minimum absolute atomic E-state index is 0.00525. The Bertz CT molecular complexity index is 761. The predicted octanol–water partition coefficient (Wildman–Crippen LogP) is 4.12. The minimum atomic E-state index is -0.281. The monoisotopic (exact) mass is 386 g/mol. The van der Waals surface area contributed by atoms with Crippen LogP contribution < -0.4 is 5.32 Å². The van der Waals surface area contributed by atoms with Crippen LogP contribution in [0.25, 0.3) is 0 Å². The maximum atomic E-state index is 12.7. The molecule has 1 atom stereocenters. The summed E-state index contributed by atoms with van der Waals surface area (Å²) < 4.78 is 0.918. The van der Waals surface area contributed by atoms with E-state index in [1.165, 1.54) is 0 Å². The number of hydrogen-bond donors (Lipinski definition) is 1. The van der Waals surface area contributed by atoms with Crippen LogP contribution in [0.2, 0.25) is 0 Å². The first-order chi connectivity index (χ1) is 11.6. The van der Waals surface area contributed by atoms with E-state index in [0.717, 1.165) is 27.7 Å². The molecule has 0 aromatic heterocycles. The van der Waals surface area contributed by atoms with Gasteiger partial charge < -0.3 is 10.2 Å². The Labute approximate surface area is 150 Å². The molecule has 124 valence electrons. The first-order valence-corrected chi connectivity index (χ1v) is 8.83. The highest BCUT2D eigenvalue weighted by Gasteiger charge is 2.32. The molecule has 1 aliphatic heterocycles. The van der Waals surface area contributed by atoms with Crippen LogP contribution in [0.1, 0.15) is 36.9 Å². The maximum Gasteiger partial charge on any atom is 0.244 e. The average Bonchev–Trinajstić information content (AvgIpc) is 2.71. The first kappa shape index (κ1) is 16.7. The van der Waals surface area contributed by atoms with Gasteiger partial charge >= 0.3 is 0 Å². The van der Waals surface area contributed by atoms with Crippen LogP contribution >= 0.6 is 15.9 Å². The van der Waals surface area contributed by atoms with Crippen molar-refractivity contribution in [2.24, 2.45) is 0 Å². The quantitative estimate of drug-likeness (QED) is 0.862. The second-order valence-electron chi connectivity index (χ2n) is 5.86. The van der Waals surface area contributed by atoms with E-state index in [9.17, 15) is 9.59 Å². The van der Waals surface area contributed by atoms with E-state index in [-0.39, 0.29) is 24.4 Å². The number of benzene rings is 2. The lowest BCUT2D eigenvalue weighted by atomic mass is 9.95. The Kier molecular flexibility index (Phi) is 5.00. The summed E-state index contributed by atoms with van der Waals surface area (Å²) in [6.45, 7) is 2.03. The van der Waals surface area contributed by atoms with Crippen LogP contribution in [0, 0.1) is 0 Å². The summed E-state index contributed by atoms with van der Waals surface area (Å²) in [7, 11) is 0. The van der Waals surface area contributed by atoms with Gasteiger partial charge in [0.25, 0.3) is 0 Å². The number of nitrogens with zero attached hydrogens (tertiary/aromatic N) is 1. The molecule has 1 unspecified atom stereocenters. The Balaban J connectivity index is 2.17. The fourth-order valence-electron chi connectivity index (χ4n) is 3.06. The predicted molar refractivity (Wildman–Crippen MR) is 97.7 cm³/mol. The van der Waals surface area contributed by atoms with Crippen molar-refractivity contribution >= 4 is 33.4 Å². The lowest BCUT2D eigenvalue weighted by molar-refractivity contribution is -0.136. The van der Waals surface area contributed by atoms with E-state index in [0.29, 0.717) is 6.42 Å². The molecule has 0 aliphatic carbocycles. The van der Waals surface area contributed by atoms with E-state index >= 15 is 0 Å². The van der Waals surface area contributed by atoms with Gasteiger partial charge in [0, 0.05) is 22.1 Å². The zero-order valence-electron chi connectivity index (χ0n) is 13.5. The Hall–Kier alpha value is -2.14. The molecule has 0 bridgehead atoms. The number of fused-ring (bicyclic) bond motifs is 1. The molecular weight excluding hydrogens is 368 g/mol. The van der Waals surface area contributed by atoms with Gasteiger partial charge in [-0.2, -0.15) is 0 Å². The molecule has 2 aromatic rings. The Morgan fingerprint density at radius 3 is 2.71 bits per heavy atom. The van der Waals surface area contributed by atoms with E-state index in [4.69, 9.17) is 0 Å². The molecular formula is C19H19BrN2O2. The average molecular weight is 387 g/mol. The van der Waals surface area contributed by atoms with Crippen LogP contribution in [-0.2, 0) is 9.59 Å². The van der Waals surface area contributed by atoms with Gasteiger partial charge in [-0.25, -0.2) is 0 Å². The molecule has 0 radical (unpaired) electrons. The summed E-state index contributed by atoms with van der Waals surface area (Å²) in [5, 5.41) is 2.92. The van der Waals surface area contributed by atoms with Gasteiger partial charge in [0.2, 0.25) is 11.8 Å². The summed E-state index contributed by atoms with van der Waals surface area (Å²) in [5.74, 6) is -0.171. The topological polar surface area (TPSA) is 49.4 Å². The highest BCUT2D eigenvalue weighted by molar-refractivity contribution is 9.10. The van der Waals surface area contributed by atoms with Crippen molar-refractivity contribution in [3.8, 4) is 0 Å². The van der Waals surface area contributed by atoms with Crippen LogP contribution in [0.15, 0.2) is 53.0 Å². The van der Waals surface area contributed by atoms with Crippen LogP contribution in [0.3, 0.4) is 0 Å². The third-order valence-electron chi connectivity index (χ3n) is 4.11. The fourth-order valence-corrected chi connectivity index (χ4v) is 3.44. The highest BCUT2D eigenvalue weighted by atomic mass is 79.9. The van der Waals surface area contributed by atoms with Crippen molar-refractivity contribution in [1.29, 1.82) is 0 Å². The van der Waals surface area contributed by atoms with Gasteiger partial charge in [0.1, 0.15) is 6.54 Å². The number of carbonyl (C=O) groups excluding carboxylic acids is 2. The molecule has 5 heteroatoms. The zero-order chi connectivity index (χ0) is 17.1. The fraction of sp³-hybridized carbons (Fsp3) is 0.263. The van der Waals surface area contributed by atoms with E-state index in [1.54, 1.807) is 4.90 Å². The molecule has 2 aromatic carbocycles. The summed E-state index contributed by atoms with van der Waals surface area (Å²) in [5.41, 5.74) is 2.67. The summed E-state index contributed by atoms with van der Waals surface area (Å²) in [6, 6.07) is 15.3. The summed E-state index contributed by atoms with van der Waals surface area (Å²) >= 11 is 3.50. The van der Waals surface area contributed by atoms with Crippen LogP contribution in [0.5, 0.6) is 0 Å². The number of carbonyl (C=O) groups is 2. The molecule has 1 aliphatic rings. The van der Waals surface area contributed by atoms with Gasteiger partial charge in [-0.15, -0.1) is 0 Å². The SMILES string of the molecule is CCCC(=O)N1CC(=O)Nc2ccc(Br)cc2C1c1ccccc1. The zero-order valence-corrected chi connectivity index (χ0v) is 15.0. The van der Waals surface area contributed by atoms with Crippen molar-refractivity contribution in [3.05, 3.63) is 64.1 Å². The van der Waals surface area contributed by atoms with Gasteiger partial charge in [-0.3, -0.25) is 9.59 Å². The molecule has 4 nitrogen and oxygen atoms in total. The van der Waals surface area contributed by atoms with Gasteiger partial charge in [0.15, 0.2) is 0 Å². The smallest absolute Gasteiger partial charge is 0.244 e. The van der Waals surface area contributed by atoms with Crippen molar-refractivity contribution < 1.29 is 9.59 Å². The number of halogens is 1. The van der Waals surface area contributed by atoms with E-state index in [2.05, 4.69) is 21.2 Å². The van der Waals surface area contributed by atoms with E-state index < -0.39 is 0 Å². The molecule has 3 rings (SSSR count). The number of hydrogen-bond acceptors (Lipinski definition) is 2. The van der Waals surface area contributed by atoms with Gasteiger partial charge in [-0.05, 0) is 30.2 Å². The lowest BCUT2D eigenvalue weighted by Gasteiger charge is -2.30. The Morgan fingerprint density at radius 1 is 1.25 bits per heavy atom. The molecule has 0 fully saturated rings. The van der Waals surface area contributed by atoms with Gasteiger partial charge in [-0.1, -0.05) is 53.2 Å². The summed E-state index contributed by atoms with van der Waals surface area (Å²) in [6.07, 6.45) is 1.18. The second-order valence-corrected chi connectivity index (χ2v) is 6.78. The normalized spacial score (nSPS) is 17.0. The summed E-state index contributed by atoms with van der Waals surface area (Å²) in [4.78, 5) is 26.7. The number of rotatable bonds is 3. The van der Waals surface area contributed by atoms with Crippen molar-refractivity contribution in [2.75, 3.05) is 11.9 Å². The third-order valence-corrected chi connectivity index (χ3v) is 4.60. The van der Waals surface area contributed by atoms with Crippen molar-refractivity contribution in [2.45, 2.75) is 25.8 Å². The second kappa shape index (κ2) is 7.18. The molecule has 0 spiro atoms. The van der Waals surface area contributed by atoms with E-state index in [1.807, 2.05) is 55.5 Å². The van der Waals surface area contributed by atoms with Crippen molar-refractivity contribution in [1.82, 2.24) is 4.90 Å². The Morgan fingerprint density at radius 2 is 2.00 bits per heavy atom. The number of amides is 2. The molecule has 24 heavy (non-hydrogen) atoms. The number of anilines is 1. The molecule has 0 saturated carbocycles. The van der Waals surface area contributed by atoms with Crippen LogP contribution in [-0.4, -0.2) is 23.3 Å².